The topological polar surface area (TPSA) is 115 Å². The van der Waals surface area contributed by atoms with Gasteiger partial charge in [-0.25, -0.2) is 9.59 Å². The molecule has 2 fully saturated rings. The summed E-state index contributed by atoms with van der Waals surface area (Å²) in [5.74, 6) is 0.445. The minimum absolute atomic E-state index is 0. The number of nitrogens with one attached hydrogen (secondary N) is 3. The van der Waals surface area contributed by atoms with E-state index in [1.165, 1.54) is 4.90 Å². The first-order chi connectivity index (χ1) is 12.2. The summed E-state index contributed by atoms with van der Waals surface area (Å²) in [6, 6.07) is -0.385. The number of hydrogen-bond donors (Lipinski definition) is 3. The lowest BCUT2D eigenvalue weighted by Gasteiger charge is -2.24. The zero-order chi connectivity index (χ0) is 19.3. The lowest BCUT2D eigenvalue weighted by molar-refractivity contribution is -0.124. The van der Waals surface area contributed by atoms with E-state index in [2.05, 4.69) is 20.9 Å². The zero-order valence-corrected chi connectivity index (χ0v) is 18.5. The predicted molar refractivity (Wildman–Crippen MR) is 111 cm³/mol. The van der Waals surface area contributed by atoms with Gasteiger partial charge in [-0.05, 0) is 27.2 Å². The van der Waals surface area contributed by atoms with Crippen molar-refractivity contribution in [1.29, 1.82) is 0 Å². The zero-order valence-electron chi connectivity index (χ0n) is 16.2. The quantitative estimate of drug-likeness (QED) is 0.224. The van der Waals surface area contributed by atoms with Crippen LogP contribution in [-0.2, 0) is 9.53 Å². The molecule has 3 N–H and O–H groups in total. The summed E-state index contributed by atoms with van der Waals surface area (Å²) in [5, 5.41) is 8.50. The summed E-state index contributed by atoms with van der Waals surface area (Å²) >= 11 is 0. The van der Waals surface area contributed by atoms with Crippen molar-refractivity contribution in [1.82, 2.24) is 25.8 Å². The highest BCUT2D eigenvalue weighted by Crippen LogP contribution is 2.12. The van der Waals surface area contributed by atoms with Crippen molar-refractivity contribution in [2.45, 2.75) is 38.8 Å². The summed E-state index contributed by atoms with van der Waals surface area (Å²) < 4.78 is 5.27. The molecule has 0 saturated carbocycles. The van der Waals surface area contributed by atoms with Crippen LogP contribution in [0.3, 0.4) is 0 Å². The van der Waals surface area contributed by atoms with Crippen LogP contribution in [0.4, 0.5) is 9.59 Å². The van der Waals surface area contributed by atoms with Crippen molar-refractivity contribution in [3.05, 3.63) is 0 Å². The average molecular weight is 496 g/mol. The lowest BCUT2D eigenvalue weighted by Crippen LogP contribution is -2.46. The van der Waals surface area contributed by atoms with E-state index in [1.54, 1.807) is 7.05 Å². The first-order valence-corrected chi connectivity index (χ1v) is 8.73. The number of alkyl carbamates (subject to hydrolysis) is 1. The number of hydrogen-bond acceptors (Lipinski definition) is 5. The summed E-state index contributed by atoms with van der Waals surface area (Å²) in [7, 11) is 1.67. The number of imide groups is 1. The third kappa shape index (κ3) is 7.03. The largest absolute Gasteiger partial charge is 0.444 e. The van der Waals surface area contributed by atoms with Crippen molar-refractivity contribution < 1.29 is 19.1 Å². The van der Waals surface area contributed by atoms with Crippen LogP contribution in [-0.4, -0.2) is 85.2 Å². The molecular weight excluding hydrogens is 467 g/mol. The van der Waals surface area contributed by atoms with Crippen LogP contribution in [0.15, 0.2) is 4.99 Å². The molecule has 10 nitrogen and oxygen atoms in total. The molecule has 0 aliphatic carbocycles. The molecule has 2 aliphatic heterocycles. The highest BCUT2D eigenvalue weighted by atomic mass is 127. The Labute approximate surface area is 176 Å². The van der Waals surface area contributed by atoms with Crippen molar-refractivity contribution in [3.63, 3.8) is 0 Å². The van der Waals surface area contributed by atoms with E-state index in [1.807, 2.05) is 25.7 Å². The van der Waals surface area contributed by atoms with Gasteiger partial charge < -0.3 is 25.6 Å². The molecule has 11 heteroatoms. The molecule has 2 aliphatic rings. The Morgan fingerprint density at radius 2 is 2.07 bits per heavy atom. The Balaban J connectivity index is 0.00000364. The number of ether oxygens (including phenoxy) is 1. The number of halogens is 1. The van der Waals surface area contributed by atoms with Crippen LogP contribution in [0.2, 0.25) is 0 Å². The molecule has 0 bridgehead atoms. The summed E-state index contributed by atoms with van der Waals surface area (Å²) in [6.07, 6.45) is 0.360. The number of urea groups is 1. The van der Waals surface area contributed by atoms with Gasteiger partial charge in [0.1, 0.15) is 5.60 Å². The monoisotopic (exact) mass is 496 g/mol. The van der Waals surface area contributed by atoms with Crippen molar-refractivity contribution in [3.8, 4) is 0 Å². The van der Waals surface area contributed by atoms with E-state index in [0.29, 0.717) is 19.0 Å². The van der Waals surface area contributed by atoms with Gasteiger partial charge in [0.15, 0.2) is 5.96 Å². The van der Waals surface area contributed by atoms with E-state index in [-0.39, 0.29) is 55.0 Å². The maximum absolute atomic E-state index is 11.9. The van der Waals surface area contributed by atoms with Gasteiger partial charge in [0.2, 0.25) is 5.91 Å². The number of guanidine groups is 1. The summed E-state index contributed by atoms with van der Waals surface area (Å²) in [4.78, 5) is 42.4. The van der Waals surface area contributed by atoms with Crippen molar-refractivity contribution in [2.24, 2.45) is 4.99 Å². The van der Waals surface area contributed by atoms with Crippen LogP contribution < -0.4 is 16.0 Å². The standard InChI is InChI=1S/C16H28N6O4.HI/c1-16(2,3)26-15(25)20-11-5-7-21(10-11)13(17-4)18-6-8-22-12(23)9-19-14(22)24;/h11H,5-10H2,1-4H3,(H,17,18)(H,19,24)(H,20,25);1H. The minimum Gasteiger partial charge on any atom is -0.444 e. The minimum atomic E-state index is -0.529. The SMILES string of the molecule is CN=C(NCCN1C(=O)CNC1=O)N1CCC(NC(=O)OC(C)(C)C)C1.I. The Morgan fingerprint density at radius 1 is 1.37 bits per heavy atom. The second-order valence-electron chi connectivity index (χ2n) is 7.26. The Bertz CT molecular complexity index is 576. The number of aliphatic imine (C=N–C) groups is 1. The average Bonchev–Trinajstić information content (AvgIpc) is 3.10. The van der Waals surface area contributed by atoms with Crippen LogP contribution >= 0.6 is 24.0 Å². The first kappa shape index (κ1) is 23.2. The van der Waals surface area contributed by atoms with Gasteiger partial charge in [0.25, 0.3) is 0 Å². The van der Waals surface area contributed by atoms with Crippen molar-refractivity contribution in [2.75, 3.05) is 39.8 Å². The van der Waals surface area contributed by atoms with E-state index < -0.39 is 11.7 Å². The molecule has 2 rings (SSSR count). The number of amides is 4. The summed E-state index contributed by atoms with van der Waals surface area (Å²) in [5.41, 5.74) is -0.529. The third-order valence-corrected chi connectivity index (χ3v) is 3.98. The second kappa shape index (κ2) is 9.95. The van der Waals surface area contributed by atoms with Gasteiger partial charge >= 0.3 is 12.1 Å². The molecule has 1 unspecified atom stereocenters. The fraction of sp³-hybridized carbons (Fsp3) is 0.750. The highest BCUT2D eigenvalue weighted by Gasteiger charge is 2.29. The van der Waals surface area contributed by atoms with E-state index in [4.69, 9.17) is 4.74 Å². The molecule has 0 aromatic heterocycles. The molecule has 0 spiro atoms. The van der Waals surface area contributed by atoms with Crippen molar-refractivity contribution >= 4 is 48.0 Å². The fourth-order valence-corrected chi connectivity index (χ4v) is 2.84. The third-order valence-electron chi connectivity index (χ3n) is 3.98. The molecule has 4 amide bonds. The molecule has 154 valence electrons. The Hall–Kier alpha value is -1.79. The number of likely N-dealkylation sites (tertiary alicyclic amines) is 1. The Morgan fingerprint density at radius 3 is 2.63 bits per heavy atom. The Kier molecular flexibility index (Phi) is 8.57. The van der Waals surface area contributed by atoms with Crippen LogP contribution in [0.5, 0.6) is 0 Å². The second-order valence-corrected chi connectivity index (χ2v) is 7.26. The van der Waals surface area contributed by atoms with Gasteiger partial charge in [0.05, 0.1) is 12.6 Å². The van der Waals surface area contributed by atoms with Crippen LogP contribution in [0.25, 0.3) is 0 Å². The fourth-order valence-electron chi connectivity index (χ4n) is 2.84. The van der Waals surface area contributed by atoms with Gasteiger partial charge in [-0.3, -0.25) is 14.7 Å². The molecule has 2 saturated heterocycles. The van der Waals surface area contributed by atoms with Gasteiger partial charge in [-0.2, -0.15) is 0 Å². The molecule has 27 heavy (non-hydrogen) atoms. The molecular formula is C16H29IN6O4. The first-order valence-electron chi connectivity index (χ1n) is 8.73. The number of rotatable bonds is 4. The molecule has 1 atom stereocenters. The maximum atomic E-state index is 11.9. The normalized spacial score (nSPS) is 20.3. The van der Waals surface area contributed by atoms with E-state index in [9.17, 15) is 14.4 Å². The molecule has 0 radical (unpaired) electrons. The highest BCUT2D eigenvalue weighted by molar-refractivity contribution is 14.0. The number of carbonyl (C=O) groups excluding carboxylic acids is 3. The molecule has 0 aromatic rings. The number of carbonyl (C=O) groups is 3. The molecule has 0 aromatic carbocycles. The predicted octanol–water partition coefficient (Wildman–Crippen LogP) is 0.331. The lowest BCUT2D eigenvalue weighted by atomic mass is 10.2. The van der Waals surface area contributed by atoms with Gasteiger partial charge in [-0.1, -0.05) is 0 Å². The number of nitrogens with zero attached hydrogens (tertiary/aromatic N) is 3. The smallest absolute Gasteiger partial charge is 0.407 e. The van der Waals surface area contributed by atoms with Gasteiger partial charge in [0, 0.05) is 33.2 Å². The van der Waals surface area contributed by atoms with Crippen LogP contribution in [0, 0.1) is 0 Å². The maximum Gasteiger partial charge on any atom is 0.407 e. The van der Waals surface area contributed by atoms with Gasteiger partial charge in [-0.15, -0.1) is 24.0 Å². The molecule has 2 heterocycles. The van der Waals surface area contributed by atoms with E-state index >= 15 is 0 Å². The van der Waals surface area contributed by atoms with E-state index in [0.717, 1.165) is 13.0 Å². The summed E-state index contributed by atoms with van der Waals surface area (Å²) in [6.45, 7) is 7.56. The van der Waals surface area contributed by atoms with Crippen LogP contribution in [0.1, 0.15) is 27.2 Å².